The van der Waals surface area contributed by atoms with Gasteiger partial charge in [-0.3, -0.25) is 4.99 Å². The molecular formula is C16H31N3O. The van der Waals surface area contributed by atoms with Crippen molar-refractivity contribution in [3.63, 3.8) is 0 Å². The SMILES string of the molecule is CN=C(NCCCCCOC)N1CCC2(CCCC2)C1. The average Bonchev–Trinajstić information content (AvgIpc) is 3.09. The highest BCUT2D eigenvalue weighted by molar-refractivity contribution is 5.80. The molecule has 1 aliphatic heterocycles. The van der Waals surface area contributed by atoms with Crippen LogP contribution in [-0.4, -0.2) is 51.3 Å². The molecule has 0 aromatic heterocycles. The van der Waals surface area contributed by atoms with Crippen molar-refractivity contribution < 1.29 is 4.74 Å². The monoisotopic (exact) mass is 281 g/mol. The van der Waals surface area contributed by atoms with Crippen molar-refractivity contribution in [2.75, 3.05) is 40.4 Å². The van der Waals surface area contributed by atoms with E-state index in [2.05, 4.69) is 15.2 Å². The van der Waals surface area contributed by atoms with Crippen LogP contribution in [0.15, 0.2) is 4.99 Å². The van der Waals surface area contributed by atoms with Crippen molar-refractivity contribution in [2.45, 2.75) is 51.4 Å². The molecule has 20 heavy (non-hydrogen) atoms. The van der Waals surface area contributed by atoms with E-state index in [1.807, 2.05) is 7.05 Å². The zero-order chi connectivity index (χ0) is 14.3. The Morgan fingerprint density at radius 1 is 1.20 bits per heavy atom. The van der Waals surface area contributed by atoms with Crippen LogP contribution in [0.4, 0.5) is 0 Å². The fraction of sp³-hybridized carbons (Fsp3) is 0.938. The molecule has 4 heteroatoms. The van der Waals surface area contributed by atoms with E-state index in [1.54, 1.807) is 7.11 Å². The fourth-order valence-electron chi connectivity index (χ4n) is 3.73. The number of guanidine groups is 1. The summed E-state index contributed by atoms with van der Waals surface area (Å²) in [5, 5.41) is 3.53. The Morgan fingerprint density at radius 2 is 2.00 bits per heavy atom. The normalized spacial score (nSPS) is 21.9. The van der Waals surface area contributed by atoms with Gasteiger partial charge in [0.15, 0.2) is 5.96 Å². The van der Waals surface area contributed by atoms with E-state index < -0.39 is 0 Å². The second-order valence-electron chi connectivity index (χ2n) is 6.41. The lowest BCUT2D eigenvalue weighted by Gasteiger charge is -2.25. The van der Waals surface area contributed by atoms with Gasteiger partial charge in [-0.25, -0.2) is 0 Å². The lowest BCUT2D eigenvalue weighted by molar-refractivity contribution is 0.192. The van der Waals surface area contributed by atoms with Crippen LogP contribution in [0.3, 0.4) is 0 Å². The molecule has 1 aliphatic carbocycles. The number of aliphatic imine (C=N–C) groups is 1. The van der Waals surface area contributed by atoms with Gasteiger partial charge in [-0.15, -0.1) is 0 Å². The van der Waals surface area contributed by atoms with Gasteiger partial charge in [-0.1, -0.05) is 12.8 Å². The molecule has 1 saturated carbocycles. The Morgan fingerprint density at radius 3 is 2.70 bits per heavy atom. The predicted octanol–water partition coefficient (Wildman–Crippen LogP) is 2.64. The standard InChI is InChI=1S/C16H31N3O/c1-17-15(18-11-6-3-7-13-20-2)19-12-10-16(14-19)8-4-5-9-16/h3-14H2,1-2H3,(H,17,18). The summed E-state index contributed by atoms with van der Waals surface area (Å²) in [4.78, 5) is 6.94. The lowest BCUT2D eigenvalue weighted by Crippen LogP contribution is -2.41. The first kappa shape index (κ1) is 15.6. The number of likely N-dealkylation sites (tertiary alicyclic amines) is 1. The summed E-state index contributed by atoms with van der Waals surface area (Å²) in [7, 11) is 3.68. The molecule has 0 bridgehead atoms. The number of rotatable bonds is 6. The Labute approximate surface area is 124 Å². The van der Waals surface area contributed by atoms with Crippen LogP contribution in [0.2, 0.25) is 0 Å². The quantitative estimate of drug-likeness (QED) is 0.462. The Kier molecular flexibility index (Phi) is 6.14. The average molecular weight is 281 g/mol. The molecule has 0 aromatic carbocycles. The van der Waals surface area contributed by atoms with Gasteiger partial charge in [0.2, 0.25) is 0 Å². The highest BCUT2D eigenvalue weighted by Gasteiger charge is 2.40. The number of hydrogen-bond acceptors (Lipinski definition) is 2. The highest BCUT2D eigenvalue weighted by atomic mass is 16.5. The summed E-state index contributed by atoms with van der Waals surface area (Å²) in [5.41, 5.74) is 0.621. The minimum atomic E-state index is 0.621. The van der Waals surface area contributed by atoms with Gasteiger partial charge in [-0.2, -0.15) is 0 Å². The molecule has 2 aliphatic rings. The first-order valence-corrected chi connectivity index (χ1v) is 8.24. The molecule has 0 aromatic rings. The first-order chi connectivity index (χ1) is 9.79. The molecule has 2 fully saturated rings. The molecule has 0 unspecified atom stereocenters. The molecule has 2 rings (SSSR count). The summed E-state index contributed by atoms with van der Waals surface area (Å²) in [6, 6.07) is 0. The molecule has 116 valence electrons. The van der Waals surface area contributed by atoms with E-state index >= 15 is 0 Å². The molecule has 4 nitrogen and oxygen atoms in total. The van der Waals surface area contributed by atoms with Gasteiger partial charge in [0, 0.05) is 40.4 Å². The third-order valence-electron chi connectivity index (χ3n) is 4.92. The zero-order valence-corrected chi connectivity index (χ0v) is 13.3. The van der Waals surface area contributed by atoms with Crippen molar-refractivity contribution >= 4 is 5.96 Å². The summed E-state index contributed by atoms with van der Waals surface area (Å²) in [6.45, 7) is 4.31. The third kappa shape index (κ3) is 4.11. The van der Waals surface area contributed by atoms with E-state index in [1.165, 1.54) is 58.0 Å². The van der Waals surface area contributed by atoms with Gasteiger partial charge >= 0.3 is 0 Å². The van der Waals surface area contributed by atoms with E-state index in [0.717, 1.165) is 25.5 Å². The molecule has 0 radical (unpaired) electrons. The minimum absolute atomic E-state index is 0.621. The molecule has 1 spiro atoms. The summed E-state index contributed by atoms with van der Waals surface area (Å²) < 4.78 is 5.07. The van der Waals surface area contributed by atoms with E-state index in [4.69, 9.17) is 4.74 Å². The van der Waals surface area contributed by atoms with Crippen LogP contribution < -0.4 is 5.32 Å². The van der Waals surface area contributed by atoms with Gasteiger partial charge in [0.1, 0.15) is 0 Å². The molecular weight excluding hydrogens is 250 g/mol. The molecule has 1 saturated heterocycles. The number of nitrogens with zero attached hydrogens (tertiary/aromatic N) is 2. The van der Waals surface area contributed by atoms with Crippen LogP contribution >= 0.6 is 0 Å². The van der Waals surface area contributed by atoms with E-state index in [-0.39, 0.29) is 0 Å². The maximum atomic E-state index is 5.07. The molecule has 0 atom stereocenters. The second-order valence-corrected chi connectivity index (χ2v) is 6.41. The molecule has 1 N–H and O–H groups in total. The number of hydrogen-bond donors (Lipinski definition) is 1. The number of nitrogens with one attached hydrogen (secondary N) is 1. The van der Waals surface area contributed by atoms with Gasteiger partial charge in [0.05, 0.1) is 0 Å². The number of ether oxygens (including phenoxy) is 1. The predicted molar refractivity (Wildman–Crippen MR) is 84.2 cm³/mol. The summed E-state index contributed by atoms with van der Waals surface area (Å²) >= 11 is 0. The topological polar surface area (TPSA) is 36.9 Å². The lowest BCUT2D eigenvalue weighted by atomic mass is 9.86. The van der Waals surface area contributed by atoms with E-state index in [0.29, 0.717) is 5.41 Å². The van der Waals surface area contributed by atoms with Crippen molar-refractivity contribution in [1.29, 1.82) is 0 Å². The van der Waals surface area contributed by atoms with Gasteiger partial charge in [-0.05, 0) is 43.9 Å². The van der Waals surface area contributed by atoms with Crippen LogP contribution in [0.25, 0.3) is 0 Å². The maximum Gasteiger partial charge on any atom is 0.193 e. The Balaban J connectivity index is 1.67. The first-order valence-electron chi connectivity index (χ1n) is 8.24. The van der Waals surface area contributed by atoms with Crippen LogP contribution in [0.5, 0.6) is 0 Å². The van der Waals surface area contributed by atoms with Crippen LogP contribution in [0, 0.1) is 5.41 Å². The van der Waals surface area contributed by atoms with Gasteiger partial charge in [0.25, 0.3) is 0 Å². The van der Waals surface area contributed by atoms with Crippen molar-refractivity contribution in [3.05, 3.63) is 0 Å². The highest BCUT2D eigenvalue weighted by Crippen LogP contribution is 2.45. The fourth-order valence-corrected chi connectivity index (χ4v) is 3.73. The largest absolute Gasteiger partial charge is 0.385 e. The zero-order valence-electron chi connectivity index (χ0n) is 13.3. The van der Waals surface area contributed by atoms with Crippen molar-refractivity contribution in [3.8, 4) is 0 Å². The Bertz CT molecular complexity index is 311. The second kappa shape index (κ2) is 7.87. The summed E-state index contributed by atoms with van der Waals surface area (Å²) in [6.07, 6.45) is 10.7. The molecule has 1 heterocycles. The summed E-state index contributed by atoms with van der Waals surface area (Å²) in [5.74, 6) is 1.11. The number of methoxy groups -OCH3 is 1. The smallest absolute Gasteiger partial charge is 0.193 e. The van der Waals surface area contributed by atoms with E-state index in [9.17, 15) is 0 Å². The Hall–Kier alpha value is -0.770. The van der Waals surface area contributed by atoms with Crippen LogP contribution in [0.1, 0.15) is 51.4 Å². The van der Waals surface area contributed by atoms with Gasteiger partial charge < -0.3 is 15.0 Å². The van der Waals surface area contributed by atoms with Crippen molar-refractivity contribution in [2.24, 2.45) is 10.4 Å². The van der Waals surface area contributed by atoms with Crippen LogP contribution in [-0.2, 0) is 4.74 Å². The minimum Gasteiger partial charge on any atom is -0.385 e. The molecule has 0 amide bonds. The number of unbranched alkanes of at least 4 members (excludes halogenated alkanes) is 2. The van der Waals surface area contributed by atoms with Crippen molar-refractivity contribution in [1.82, 2.24) is 10.2 Å². The maximum absolute atomic E-state index is 5.07. The third-order valence-corrected chi connectivity index (χ3v) is 4.92.